The third-order valence-electron chi connectivity index (χ3n) is 3.56. The number of ether oxygens (including phenoxy) is 3. The Morgan fingerprint density at radius 3 is 2.41 bits per heavy atom. The van der Waals surface area contributed by atoms with Crippen molar-refractivity contribution in [3.8, 4) is 11.5 Å². The second-order valence-electron chi connectivity index (χ2n) is 5.42. The number of nitro groups is 1. The van der Waals surface area contributed by atoms with Crippen LogP contribution in [0, 0.1) is 10.1 Å². The summed E-state index contributed by atoms with van der Waals surface area (Å²) in [6.07, 6.45) is -4.68. The van der Waals surface area contributed by atoms with E-state index in [-0.39, 0.29) is 11.3 Å². The van der Waals surface area contributed by atoms with Gasteiger partial charge in [0.2, 0.25) is 0 Å². The van der Waals surface area contributed by atoms with Crippen LogP contribution in [0.15, 0.2) is 36.4 Å². The highest BCUT2D eigenvalue weighted by Gasteiger charge is 2.31. The fourth-order valence-electron chi connectivity index (χ4n) is 2.27. The van der Waals surface area contributed by atoms with Gasteiger partial charge in [0, 0.05) is 0 Å². The second-order valence-corrected chi connectivity index (χ2v) is 5.42. The maximum atomic E-state index is 12.7. The molecule has 2 aromatic rings. The molecule has 0 aromatic heterocycles. The highest BCUT2D eigenvalue weighted by Crippen LogP contribution is 2.36. The molecule has 0 aliphatic carbocycles. The van der Waals surface area contributed by atoms with E-state index in [9.17, 15) is 36.9 Å². The van der Waals surface area contributed by atoms with E-state index < -0.39 is 52.9 Å². The fourth-order valence-corrected chi connectivity index (χ4v) is 2.27. The molecule has 0 aliphatic rings. The topological polar surface area (TPSA) is 87.9 Å². The molecule has 0 heterocycles. The molecule has 0 amide bonds. The third kappa shape index (κ3) is 5.53. The monoisotopic (exact) mass is 421 g/mol. The van der Waals surface area contributed by atoms with Crippen LogP contribution >= 0.6 is 0 Å². The largest absolute Gasteiger partial charge is 0.493 e. The van der Waals surface area contributed by atoms with Gasteiger partial charge < -0.3 is 14.2 Å². The second kappa shape index (κ2) is 8.71. The zero-order valence-corrected chi connectivity index (χ0v) is 14.5. The lowest BCUT2D eigenvalue weighted by molar-refractivity contribution is -0.386. The van der Waals surface area contributed by atoms with Crippen LogP contribution in [0.2, 0.25) is 0 Å². The van der Waals surface area contributed by atoms with Crippen molar-refractivity contribution < 1.29 is 45.9 Å². The molecule has 0 radical (unpaired) electrons. The van der Waals surface area contributed by atoms with Crippen molar-refractivity contribution in [2.45, 2.75) is 19.4 Å². The number of nitrogens with zero attached hydrogens (tertiary/aromatic N) is 1. The molecule has 0 saturated carbocycles. The summed E-state index contributed by atoms with van der Waals surface area (Å²) in [7, 11) is 1.10. The number of alkyl halides is 5. The molecule has 0 unspecified atom stereocenters. The first kappa shape index (κ1) is 21.9. The lowest BCUT2D eigenvalue weighted by Crippen LogP contribution is -2.10. The molecule has 2 rings (SSSR count). The quantitative estimate of drug-likeness (QED) is 0.282. The van der Waals surface area contributed by atoms with Gasteiger partial charge in [-0.25, -0.2) is 4.79 Å². The van der Waals surface area contributed by atoms with Gasteiger partial charge in [0.25, 0.3) is 5.69 Å². The maximum absolute atomic E-state index is 12.7. The average molecular weight is 421 g/mol. The minimum Gasteiger partial charge on any atom is -0.493 e. The number of hydrogen-bond donors (Lipinski definition) is 0. The van der Waals surface area contributed by atoms with E-state index in [4.69, 9.17) is 9.47 Å². The van der Waals surface area contributed by atoms with Gasteiger partial charge in [0.05, 0.1) is 34.8 Å². The Hall–Kier alpha value is -3.44. The summed E-state index contributed by atoms with van der Waals surface area (Å²) in [5, 5.41) is 11.2. The summed E-state index contributed by atoms with van der Waals surface area (Å²) in [5.74, 6) is -2.07. The highest BCUT2D eigenvalue weighted by atomic mass is 19.4. The Bertz CT molecular complexity index is 916. The predicted octanol–water partition coefficient (Wildman–Crippen LogP) is 4.58. The number of benzene rings is 2. The molecule has 0 atom stereocenters. The molecule has 0 N–H and O–H groups in total. The Morgan fingerprint density at radius 1 is 1.17 bits per heavy atom. The van der Waals surface area contributed by atoms with Crippen LogP contribution in [-0.2, 0) is 17.5 Å². The van der Waals surface area contributed by atoms with Gasteiger partial charge in [-0.1, -0.05) is 6.07 Å². The van der Waals surface area contributed by atoms with Crippen LogP contribution in [0.3, 0.4) is 0 Å². The molecule has 0 aliphatic heterocycles. The van der Waals surface area contributed by atoms with Gasteiger partial charge in [-0.3, -0.25) is 10.1 Å². The lowest BCUT2D eigenvalue weighted by Gasteiger charge is -2.13. The van der Waals surface area contributed by atoms with Crippen molar-refractivity contribution in [3.63, 3.8) is 0 Å². The van der Waals surface area contributed by atoms with Crippen LogP contribution < -0.4 is 9.47 Å². The van der Waals surface area contributed by atoms with Gasteiger partial charge in [-0.05, 0) is 24.3 Å². The summed E-state index contributed by atoms with van der Waals surface area (Å²) in [5.41, 5.74) is -2.45. The van der Waals surface area contributed by atoms with E-state index in [2.05, 4.69) is 4.74 Å². The Kier molecular flexibility index (Phi) is 6.56. The lowest BCUT2D eigenvalue weighted by atomic mass is 10.1. The molecule has 0 bridgehead atoms. The van der Waals surface area contributed by atoms with Crippen LogP contribution in [-0.4, -0.2) is 24.6 Å². The standard InChI is InChI=1S/C17H12F5NO6/c1-27-13-6-10(12(23(25)26)7-14(13)29-16(18)19)8-28-15(24)9-3-2-4-11(5-9)17(20,21)22/h2-7,16H,8H2,1H3. The molecular formula is C17H12F5NO6. The van der Waals surface area contributed by atoms with E-state index >= 15 is 0 Å². The Balaban J connectivity index is 2.27. The first-order chi connectivity index (χ1) is 13.5. The fraction of sp³-hybridized carbons (Fsp3) is 0.235. The highest BCUT2D eigenvalue weighted by molar-refractivity contribution is 5.89. The first-order valence-corrected chi connectivity index (χ1v) is 7.67. The number of carbonyl (C=O) groups excluding carboxylic acids is 1. The van der Waals surface area contributed by atoms with Crippen LogP contribution in [0.25, 0.3) is 0 Å². The number of halogens is 5. The minimum absolute atomic E-state index is 0.242. The Labute approximate surface area is 159 Å². The molecule has 0 fully saturated rings. The summed E-state index contributed by atoms with van der Waals surface area (Å²) in [6, 6.07) is 5.02. The van der Waals surface area contributed by atoms with Crippen LogP contribution in [0.4, 0.5) is 27.6 Å². The van der Waals surface area contributed by atoms with Crippen LogP contribution in [0.1, 0.15) is 21.5 Å². The van der Waals surface area contributed by atoms with Crippen molar-refractivity contribution >= 4 is 11.7 Å². The van der Waals surface area contributed by atoms with Gasteiger partial charge in [0.1, 0.15) is 6.61 Å². The number of hydrogen-bond acceptors (Lipinski definition) is 6. The Morgan fingerprint density at radius 2 is 1.86 bits per heavy atom. The van der Waals surface area contributed by atoms with Gasteiger partial charge >= 0.3 is 18.8 Å². The zero-order valence-electron chi connectivity index (χ0n) is 14.5. The molecule has 2 aromatic carbocycles. The number of carbonyl (C=O) groups is 1. The number of methoxy groups -OCH3 is 1. The molecule has 29 heavy (non-hydrogen) atoms. The normalized spacial score (nSPS) is 11.3. The number of nitro benzene ring substituents is 1. The smallest absolute Gasteiger partial charge is 0.416 e. The van der Waals surface area contributed by atoms with E-state index in [0.717, 1.165) is 31.4 Å². The molecular weight excluding hydrogens is 409 g/mol. The molecule has 7 nitrogen and oxygen atoms in total. The number of rotatable bonds is 7. The zero-order chi connectivity index (χ0) is 21.8. The summed E-state index contributed by atoms with van der Waals surface area (Å²) in [4.78, 5) is 22.3. The van der Waals surface area contributed by atoms with Crippen molar-refractivity contribution in [1.29, 1.82) is 0 Å². The predicted molar refractivity (Wildman–Crippen MR) is 86.8 cm³/mol. The van der Waals surface area contributed by atoms with E-state index in [1.807, 2.05) is 0 Å². The summed E-state index contributed by atoms with van der Waals surface area (Å²) < 4.78 is 76.9. The van der Waals surface area contributed by atoms with Gasteiger partial charge in [-0.2, -0.15) is 22.0 Å². The van der Waals surface area contributed by atoms with Crippen LogP contribution in [0.5, 0.6) is 11.5 Å². The molecule has 0 saturated heterocycles. The minimum atomic E-state index is -4.68. The van der Waals surface area contributed by atoms with Crippen molar-refractivity contribution in [3.05, 3.63) is 63.2 Å². The molecule has 156 valence electrons. The van der Waals surface area contributed by atoms with Gasteiger partial charge in [0.15, 0.2) is 11.5 Å². The first-order valence-electron chi connectivity index (χ1n) is 7.67. The molecule has 0 spiro atoms. The van der Waals surface area contributed by atoms with Crippen molar-refractivity contribution in [1.82, 2.24) is 0 Å². The maximum Gasteiger partial charge on any atom is 0.416 e. The molecule has 12 heteroatoms. The van der Waals surface area contributed by atoms with E-state index in [0.29, 0.717) is 12.1 Å². The average Bonchev–Trinajstić information content (AvgIpc) is 2.65. The third-order valence-corrected chi connectivity index (χ3v) is 3.56. The summed E-state index contributed by atoms with van der Waals surface area (Å²) >= 11 is 0. The summed E-state index contributed by atoms with van der Waals surface area (Å²) in [6.45, 7) is -4.00. The van der Waals surface area contributed by atoms with E-state index in [1.165, 1.54) is 0 Å². The SMILES string of the molecule is COc1cc(COC(=O)c2cccc(C(F)(F)F)c2)c([N+](=O)[O-])cc1OC(F)F. The van der Waals surface area contributed by atoms with Crippen molar-refractivity contribution in [2.75, 3.05) is 7.11 Å². The van der Waals surface area contributed by atoms with Crippen molar-refractivity contribution in [2.24, 2.45) is 0 Å². The number of esters is 1. The van der Waals surface area contributed by atoms with E-state index in [1.54, 1.807) is 0 Å². The van der Waals surface area contributed by atoms with Gasteiger partial charge in [-0.15, -0.1) is 0 Å².